The minimum Gasteiger partial charge on any atom is -0.457 e. The van der Waals surface area contributed by atoms with Crippen LogP contribution in [0.15, 0.2) is 48.6 Å². The van der Waals surface area contributed by atoms with Crippen molar-refractivity contribution in [3.05, 3.63) is 48.6 Å². The van der Waals surface area contributed by atoms with Gasteiger partial charge in [-0.25, -0.2) is 4.79 Å². The van der Waals surface area contributed by atoms with Gasteiger partial charge in [-0.2, -0.15) is 0 Å². The third kappa shape index (κ3) is 10.1. The smallest absolute Gasteiger partial charge is 0.330 e. The topological polar surface area (TPSA) is 29.5 Å². The summed E-state index contributed by atoms with van der Waals surface area (Å²) in [7, 11) is 0. The van der Waals surface area contributed by atoms with Gasteiger partial charge in [0.15, 0.2) is 0 Å². The van der Waals surface area contributed by atoms with E-state index in [2.05, 4.69) is 24.5 Å². The predicted molar refractivity (Wildman–Crippen MR) is 109 cm³/mol. The maximum absolute atomic E-state index is 11.8. The molecule has 1 atom stereocenters. The van der Waals surface area contributed by atoms with Gasteiger partial charge in [0.25, 0.3) is 0 Å². The molecule has 0 spiro atoms. The summed E-state index contributed by atoms with van der Waals surface area (Å²) in [5.74, 6) is -0.265. The van der Waals surface area contributed by atoms with Gasteiger partial charge in [-0.05, 0) is 51.6 Å². The first-order chi connectivity index (χ1) is 11.7. The SMILES string of the molecule is C=C/C=C(\C=C/C)CN1CCC(C)(/C=C/C(=O)OC(C)(C)C)C1.CC. The molecule has 0 amide bonds. The zero-order chi connectivity index (χ0) is 19.5. The molecule has 0 aromatic heterocycles. The van der Waals surface area contributed by atoms with Crippen molar-refractivity contribution in [1.29, 1.82) is 0 Å². The molecule has 1 saturated heterocycles. The van der Waals surface area contributed by atoms with E-state index < -0.39 is 5.60 Å². The Morgan fingerprint density at radius 2 is 1.92 bits per heavy atom. The standard InChI is InChI=1S/C20H31NO2.C2H6/c1-7-9-17(10-8-2)15-21-14-13-20(6,16-21)12-11-18(22)23-19(3,4)5;1-2/h7-12H,1,13-16H2,2-6H3;1-2H3/b10-8-,12-11+,17-9+;. The van der Waals surface area contributed by atoms with Crippen LogP contribution in [0.2, 0.25) is 0 Å². The van der Waals surface area contributed by atoms with Crippen LogP contribution in [0, 0.1) is 5.41 Å². The normalized spacial score (nSPS) is 22.1. The van der Waals surface area contributed by atoms with Crippen molar-refractivity contribution in [2.75, 3.05) is 19.6 Å². The molecule has 0 saturated carbocycles. The van der Waals surface area contributed by atoms with Crippen LogP contribution in [0.25, 0.3) is 0 Å². The Labute approximate surface area is 155 Å². The highest BCUT2D eigenvalue weighted by Crippen LogP contribution is 2.32. The van der Waals surface area contributed by atoms with Crippen LogP contribution >= 0.6 is 0 Å². The van der Waals surface area contributed by atoms with Crippen LogP contribution in [0.5, 0.6) is 0 Å². The Bertz CT molecular complexity index is 509. The third-order valence-corrected chi connectivity index (χ3v) is 3.73. The van der Waals surface area contributed by atoms with E-state index in [-0.39, 0.29) is 11.4 Å². The molecule has 142 valence electrons. The third-order valence-electron chi connectivity index (χ3n) is 3.73. The second-order valence-electron chi connectivity index (χ2n) is 7.46. The molecule has 0 aliphatic carbocycles. The lowest BCUT2D eigenvalue weighted by Gasteiger charge is -2.22. The summed E-state index contributed by atoms with van der Waals surface area (Å²) in [4.78, 5) is 14.2. The zero-order valence-corrected chi connectivity index (χ0v) is 17.3. The lowest BCUT2D eigenvalue weighted by atomic mass is 9.89. The number of likely N-dealkylation sites (tertiary alicyclic amines) is 1. The van der Waals surface area contributed by atoms with Crippen molar-refractivity contribution in [2.45, 2.75) is 60.5 Å². The van der Waals surface area contributed by atoms with Crippen LogP contribution in [0.3, 0.4) is 0 Å². The van der Waals surface area contributed by atoms with Gasteiger partial charge in [-0.15, -0.1) is 0 Å². The van der Waals surface area contributed by atoms with Crippen LogP contribution in [-0.2, 0) is 9.53 Å². The molecule has 1 aliphatic rings. The van der Waals surface area contributed by atoms with Crippen LogP contribution in [-0.4, -0.2) is 36.1 Å². The molecule has 25 heavy (non-hydrogen) atoms. The molecule has 0 radical (unpaired) electrons. The van der Waals surface area contributed by atoms with Gasteiger partial charge >= 0.3 is 5.97 Å². The molecule has 3 heteroatoms. The summed E-state index contributed by atoms with van der Waals surface area (Å²) in [6, 6.07) is 0. The first-order valence-corrected chi connectivity index (χ1v) is 9.26. The molecular formula is C22H37NO2. The molecule has 0 aromatic rings. The van der Waals surface area contributed by atoms with Crippen molar-refractivity contribution < 1.29 is 9.53 Å². The fraction of sp³-hybridized carbons (Fsp3) is 0.591. The van der Waals surface area contributed by atoms with E-state index in [0.29, 0.717) is 0 Å². The number of ether oxygens (including phenoxy) is 1. The number of hydrogen-bond acceptors (Lipinski definition) is 3. The molecule has 1 aliphatic heterocycles. The maximum Gasteiger partial charge on any atom is 0.330 e. The van der Waals surface area contributed by atoms with E-state index in [0.717, 1.165) is 26.1 Å². The summed E-state index contributed by atoms with van der Waals surface area (Å²) in [6.45, 7) is 20.5. The molecule has 0 aromatic carbocycles. The highest BCUT2D eigenvalue weighted by atomic mass is 16.6. The molecule has 1 rings (SSSR count). The van der Waals surface area contributed by atoms with E-state index >= 15 is 0 Å². The number of rotatable bonds is 6. The monoisotopic (exact) mass is 347 g/mol. The Hall–Kier alpha value is -1.61. The summed E-state index contributed by atoms with van der Waals surface area (Å²) in [5.41, 5.74) is 0.829. The average Bonchev–Trinajstić information content (AvgIpc) is 2.88. The molecule has 3 nitrogen and oxygen atoms in total. The predicted octanol–water partition coefficient (Wildman–Crippen LogP) is 5.31. The van der Waals surface area contributed by atoms with E-state index in [9.17, 15) is 4.79 Å². The van der Waals surface area contributed by atoms with Crippen molar-refractivity contribution in [3.8, 4) is 0 Å². The Balaban J connectivity index is 0.00000277. The van der Waals surface area contributed by atoms with Crippen LogP contribution in [0.4, 0.5) is 0 Å². The highest BCUT2D eigenvalue weighted by molar-refractivity contribution is 5.82. The molecule has 1 unspecified atom stereocenters. The van der Waals surface area contributed by atoms with Gasteiger partial charge in [0.1, 0.15) is 5.60 Å². The van der Waals surface area contributed by atoms with Crippen LogP contribution in [0.1, 0.15) is 54.9 Å². The lowest BCUT2D eigenvalue weighted by molar-refractivity contribution is -0.148. The Morgan fingerprint density at radius 3 is 2.44 bits per heavy atom. The van der Waals surface area contributed by atoms with Gasteiger partial charge in [0.05, 0.1) is 0 Å². The first-order valence-electron chi connectivity index (χ1n) is 9.26. The fourth-order valence-corrected chi connectivity index (χ4v) is 2.74. The van der Waals surface area contributed by atoms with Gasteiger partial charge < -0.3 is 4.74 Å². The van der Waals surface area contributed by atoms with Crippen LogP contribution < -0.4 is 0 Å². The molecule has 0 bridgehead atoms. The van der Waals surface area contributed by atoms with Crippen molar-refractivity contribution in [2.24, 2.45) is 5.41 Å². The van der Waals surface area contributed by atoms with E-state index in [4.69, 9.17) is 4.74 Å². The summed E-state index contributed by atoms with van der Waals surface area (Å²) in [6.07, 6.45) is 12.7. The average molecular weight is 348 g/mol. The number of carbonyl (C=O) groups excluding carboxylic acids is 1. The first kappa shape index (κ1) is 23.4. The summed E-state index contributed by atoms with van der Waals surface area (Å²) in [5, 5.41) is 0. The second-order valence-corrected chi connectivity index (χ2v) is 7.46. The highest BCUT2D eigenvalue weighted by Gasteiger charge is 2.31. The number of carbonyl (C=O) groups is 1. The van der Waals surface area contributed by atoms with Gasteiger partial charge in [0, 0.05) is 19.2 Å². The Morgan fingerprint density at radius 1 is 1.28 bits per heavy atom. The number of esters is 1. The van der Waals surface area contributed by atoms with Gasteiger partial charge in [0.2, 0.25) is 0 Å². The minimum atomic E-state index is -0.444. The van der Waals surface area contributed by atoms with Crippen molar-refractivity contribution in [1.82, 2.24) is 4.90 Å². The Kier molecular flexibility index (Phi) is 10.4. The van der Waals surface area contributed by atoms with Crippen molar-refractivity contribution in [3.63, 3.8) is 0 Å². The fourth-order valence-electron chi connectivity index (χ4n) is 2.74. The lowest BCUT2D eigenvalue weighted by Crippen LogP contribution is -2.26. The largest absolute Gasteiger partial charge is 0.457 e. The zero-order valence-electron chi connectivity index (χ0n) is 17.3. The molecule has 0 N–H and O–H groups in total. The van der Waals surface area contributed by atoms with Gasteiger partial charge in [-0.1, -0.05) is 57.7 Å². The summed E-state index contributed by atoms with van der Waals surface area (Å²) < 4.78 is 5.33. The number of hydrogen-bond donors (Lipinski definition) is 0. The van der Waals surface area contributed by atoms with E-state index in [1.807, 2.05) is 65.8 Å². The molecule has 1 heterocycles. The van der Waals surface area contributed by atoms with Crippen molar-refractivity contribution >= 4 is 5.97 Å². The van der Waals surface area contributed by atoms with Gasteiger partial charge in [-0.3, -0.25) is 4.90 Å². The summed E-state index contributed by atoms with van der Waals surface area (Å²) >= 11 is 0. The van der Waals surface area contributed by atoms with E-state index in [1.165, 1.54) is 5.57 Å². The number of nitrogens with zero attached hydrogens (tertiary/aromatic N) is 1. The molecular weight excluding hydrogens is 310 g/mol. The van der Waals surface area contributed by atoms with E-state index in [1.54, 1.807) is 6.08 Å². The molecule has 1 fully saturated rings. The maximum atomic E-state index is 11.8. The second kappa shape index (κ2) is 11.1. The minimum absolute atomic E-state index is 0.0200. The quantitative estimate of drug-likeness (QED) is 0.370. The number of allylic oxidation sites excluding steroid dienone is 3.